The smallest absolute Gasteiger partial charge is 0.154 e. The molecule has 1 rings (SSSR count). The van der Waals surface area contributed by atoms with E-state index in [2.05, 4.69) is 16.9 Å². The summed E-state index contributed by atoms with van der Waals surface area (Å²) in [5.74, 6) is 0. The number of hydrogen-bond acceptors (Lipinski definition) is 2. The third-order valence-corrected chi connectivity index (χ3v) is 1.20. The van der Waals surface area contributed by atoms with Gasteiger partial charge in [-0.2, -0.15) is 5.10 Å². The van der Waals surface area contributed by atoms with Crippen molar-refractivity contribution in [3.63, 3.8) is 0 Å². The van der Waals surface area contributed by atoms with E-state index < -0.39 is 0 Å². The van der Waals surface area contributed by atoms with Crippen LogP contribution in [0.25, 0.3) is 0 Å². The summed E-state index contributed by atoms with van der Waals surface area (Å²) in [4.78, 5) is 0. The fourth-order valence-corrected chi connectivity index (χ4v) is 0.691. The van der Waals surface area contributed by atoms with Gasteiger partial charge in [-0.15, -0.1) is 5.10 Å². The summed E-state index contributed by atoms with van der Waals surface area (Å²) >= 11 is 0. The minimum absolute atomic E-state index is 0.803. The molecular weight excluding hydrogens is 126 g/mol. The molecule has 1 aromatic heterocycles. The van der Waals surface area contributed by atoms with Crippen LogP contribution in [0.2, 0.25) is 0 Å². The standard InChI is InChI=1S/C7H9N3/c1-8-9-7-5-3-4-6-10(7)2/h3-6H,1H2,2H3/b9-7-. The second-order valence-electron chi connectivity index (χ2n) is 1.91. The molecule has 1 heterocycles. The van der Waals surface area contributed by atoms with Crippen molar-refractivity contribution in [2.45, 2.75) is 0 Å². The summed E-state index contributed by atoms with van der Waals surface area (Å²) in [6.45, 7) is 3.27. The van der Waals surface area contributed by atoms with E-state index in [0.717, 1.165) is 5.49 Å². The molecule has 0 spiro atoms. The maximum atomic E-state index is 3.78. The van der Waals surface area contributed by atoms with Gasteiger partial charge in [0.15, 0.2) is 5.49 Å². The van der Waals surface area contributed by atoms with Gasteiger partial charge in [-0.3, -0.25) is 0 Å². The molecule has 0 aliphatic heterocycles. The number of hydrogen-bond donors (Lipinski definition) is 0. The zero-order valence-corrected chi connectivity index (χ0v) is 5.86. The van der Waals surface area contributed by atoms with Gasteiger partial charge in [0.05, 0.1) is 0 Å². The van der Waals surface area contributed by atoms with Crippen molar-refractivity contribution in [1.82, 2.24) is 4.57 Å². The molecule has 0 aliphatic rings. The van der Waals surface area contributed by atoms with E-state index in [-0.39, 0.29) is 0 Å². The zero-order chi connectivity index (χ0) is 7.40. The minimum Gasteiger partial charge on any atom is -0.335 e. The van der Waals surface area contributed by atoms with Crippen LogP contribution in [0.3, 0.4) is 0 Å². The average Bonchev–Trinajstić information content (AvgIpc) is 1.94. The Labute approximate surface area is 59.4 Å². The first kappa shape index (κ1) is 6.74. The number of aromatic nitrogens is 1. The van der Waals surface area contributed by atoms with Crippen molar-refractivity contribution >= 4 is 6.72 Å². The lowest BCUT2D eigenvalue weighted by Crippen LogP contribution is -2.14. The van der Waals surface area contributed by atoms with Gasteiger partial charge < -0.3 is 4.57 Å². The van der Waals surface area contributed by atoms with Gasteiger partial charge >= 0.3 is 0 Å². The van der Waals surface area contributed by atoms with E-state index in [1.165, 1.54) is 0 Å². The fourth-order valence-electron chi connectivity index (χ4n) is 0.691. The Kier molecular flexibility index (Phi) is 1.99. The summed E-state index contributed by atoms with van der Waals surface area (Å²) in [5, 5.41) is 7.20. The topological polar surface area (TPSA) is 29.6 Å². The molecule has 0 aromatic carbocycles. The normalized spacial score (nSPS) is 11.5. The highest BCUT2D eigenvalue weighted by Crippen LogP contribution is 1.76. The Balaban J connectivity index is 3.28. The number of nitrogens with zero attached hydrogens (tertiary/aromatic N) is 3. The van der Waals surface area contributed by atoms with E-state index in [0.29, 0.717) is 0 Å². The quantitative estimate of drug-likeness (QED) is 0.397. The fraction of sp³-hybridized carbons (Fsp3) is 0.143. The van der Waals surface area contributed by atoms with Crippen molar-refractivity contribution in [2.24, 2.45) is 17.3 Å². The van der Waals surface area contributed by atoms with Crippen LogP contribution in [0.1, 0.15) is 0 Å². The van der Waals surface area contributed by atoms with Gasteiger partial charge in [-0.25, -0.2) is 0 Å². The van der Waals surface area contributed by atoms with Crippen LogP contribution in [0, 0.1) is 0 Å². The predicted octanol–water partition coefficient (Wildman–Crippen LogP) is 0.541. The third-order valence-electron chi connectivity index (χ3n) is 1.20. The third kappa shape index (κ3) is 1.31. The van der Waals surface area contributed by atoms with Gasteiger partial charge in [-0.05, 0) is 12.1 Å². The molecule has 0 amide bonds. The summed E-state index contributed by atoms with van der Waals surface area (Å²) in [7, 11) is 1.91. The van der Waals surface area contributed by atoms with Gasteiger partial charge in [0.25, 0.3) is 0 Å². The van der Waals surface area contributed by atoms with Crippen LogP contribution in [0.15, 0.2) is 34.6 Å². The van der Waals surface area contributed by atoms with E-state index in [4.69, 9.17) is 0 Å². The molecule has 0 N–H and O–H groups in total. The molecular formula is C7H9N3. The van der Waals surface area contributed by atoms with Crippen LogP contribution < -0.4 is 5.49 Å². The van der Waals surface area contributed by atoms with E-state index in [1.54, 1.807) is 0 Å². The highest BCUT2D eigenvalue weighted by atomic mass is 15.2. The highest BCUT2D eigenvalue weighted by molar-refractivity contribution is 5.22. The molecule has 0 fully saturated rings. The Hall–Kier alpha value is -1.38. The first-order valence-corrected chi connectivity index (χ1v) is 2.96. The van der Waals surface area contributed by atoms with Crippen molar-refractivity contribution < 1.29 is 0 Å². The molecule has 3 nitrogen and oxygen atoms in total. The van der Waals surface area contributed by atoms with Crippen molar-refractivity contribution in [1.29, 1.82) is 0 Å². The Bertz CT molecular complexity index is 285. The maximum absolute atomic E-state index is 3.78. The zero-order valence-electron chi connectivity index (χ0n) is 5.86. The molecule has 1 aromatic rings. The van der Waals surface area contributed by atoms with Crippen LogP contribution in [-0.4, -0.2) is 11.3 Å². The number of rotatable bonds is 1. The molecule has 3 heteroatoms. The molecule has 0 saturated heterocycles. The lowest BCUT2D eigenvalue weighted by Gasteiger charge is -1.93. The molecule has 0 bridgehead atoms. The molecule has 10 heavy (non-hydrogen) atoms. The van der Waals surface area contributed by atoms with Gasteiger partial charge in [0.1, 0.15) is 0 Å². The second-order valence-corrected chi connectivity index (χ2v) is 1.91. The Morgan fingerprint density at radius 2 is 2.30 bits per heavy atom. The summed E-state index contributed by atoms with van der Waals surface area (Å²) in [5.41, 5.74) is 0.803. The maximum Gasteiger partial charge on any atom is 0.154 e. The SMILES string of the molecule is C=N/N=c1/ccccn1C. The average molecular weight is 135 g/mol. The van der Waals surface area contributed by atoms with E-state index >= 15 is 0 Å². The summed E-state index contributed by atoms with van der Waals surface area (Å²) in [6.07, 6.45) is 1.91. The summed E-state index contributed by atoms with van der Waals surface area (Å²) < 4.78 is 1.87. The lowest BCUT2D eigenvalue weighted by molar-refractivity contribution is 0.817. The van der Waals surface area contributed by atoms with Crippen LogP contribution in [-0.2, 0) is 7.05 Å². The van der Waals surface area contributed by atoms with Crippen molar-refractivity contribution in [3.8, 4) is 0 Å². The minimum atomic E-state index is 0.803. The molecule has 52 valence electrons. The molecule has 0 atom stereocenters. The van der Waals surface area contributed by atoms with Crippen molar-refractivity contribution in [2.75, 3.05) is 0 Å². The number of pyridine rings is 1. The second kappa shape index (κ2) is 2.96. The van der Waals surface area contributed by atoms with E-state index in [9.17, 15) is 0 Å². The Morgan fingerprint density at radius 3 is 2.90 bits per heavy atom. The van der Waals surface area contributed by atoms with Crippen LogP contribution in [0.5, 0.6) is 0 Å². The van der Waals surface area contributed by atoms with E-state index in [1.807, 2.05) is 36.0 Å². The van der Waals surface area contributed by atoms with Crippen LogP contribution in [0.4, 0.5) is 0 Å². The highest BCUT2D eigenvalue weighted by Gasteiger charge is 1.80. The van der Waals surface area contributed by atoms with Gasteiger partial charge in [-0.1, -0.05) is 6.07 Å². The monoisotopic (exact) mass is 135 g/mol. The first-order valence-electron chi connectivity index (χ1n) is 2.96. The predicted molar refractivity (Wildman–Crippen MR) is 40.5 cm³/mol. The van der Waals surface area contributed by atoms with Crippen LogP contribution >= 0.6 is 0 Å². The molecule has 0 unspecified atom stereocenters. The summed E-state index contributed by atoms with van der Waals surface area (Å²) in [6, 6.07) is 5.71. The van der Waals surface area contributed by atoms with Gasteiger partial charge in [0.2, 0.25) is 0 Å². The molecule has 0 saturated carbocycles. The largest absolute Gasteiger partial charge is 0.335 e. The molecule has 0 radical (unpaired) electrons. The molecule has 0 aliphatic carbocycles. The van der Waals surface area contributed by atoms with Crippen molar-refractivity contribution in [3.05, 3.63) is 29.9 Å². The Morgan fingerprint density at radius 1 is 1.50 bits per heavy atom. The number of aryl methyl sites for hydroxylation is 1. The van der Waals surface area contributed by atoms with Gasteiger partial charge in [0, 0.05) is 20.0 Å². The first-order chi connectivity index (χ1) is 4.84. The lowest BCUT2D eigenvalue weighted by atomic mass is 10.5.